The van der Waals surface area contributed by atoms with Crippen LogP contribution in [-0.2, 0) is 11.3 Å². The van der Waals surface area contributed by atoms with Gasteiger partial charge >= 0.3 is 0 Å². The number of aromatic nitrogens is 1. The topological polar surface area (TPSA) is 45.7 Å². The number of ether oxygens (including phenoxy) is 1. The SMILES string of the molecule is O=C(CCN1Cc2ccccc2O[C@H](c2ccccc2)C1)N1CCCC[C@H]1c1nccs1. The van der Waals surface area contributed by atoms with Crippen LogP contribution >= 0.6 is 11.3 Å². The molecule has 0 N–H and O–H groups in total. The van der Waals surface area contributed by atoms with Crippen molar-refractivity contribution in [3.8, 4) is 5.75 Å². The molecule has 1 aromatic heterocycles. The van der Waals surface area contributed by atoms with E-state index >= 15 is 0 Å². The lowest BCUT2D eigenvalue weighted by Gasteiger charge is -2.35. The van der Waals surface area contributed by atoms with Crippen molar-refractivity contribution in [1.82, 2.24) is 14.8 Å². The molecular weight excluding hydrogens is 418 g/mol. The monoisotopic (exact) mass is 447 g/mol. The molecule has 166 valence electrons. The van der Waals surface area contributed by atoms with Crippen LogP contribution in [0.4, 0.5) is 0 Å². The number of thiazole rings is 1. The van der Waals surface area contributed by atoms with Gasteiger partial charge in [-0.15, -0.1) is 11.3 Å². The number of benzene rings is 2. The van der Waals surface area contributed by atoms with Crippen LogP contribution in [0, 0.1) is 0 Å². The molecule has 5 rings (SSSR count). The average Bonchev–Trinajstić information content (AvgIpc) is 3.31. The van der Waals surface area contributed by atoms with Gasteiger partial charge in [0, 0.05) is 49.7 Å². The van der Waals surface area contributed by atoms with E-state index in [2.05, 4.69) is 51.2 Å². The summed E-state index contributed by atoms with van der Waals surface area (Å²) in [5, 5.41) is 3.07. The van der Waals surface area contributed by atoms with E-state index in [9.17, 15) is 4.79 Å². The summed E-state index contributed by atoms with van der Waals surface area (Å²) < 4.78 is 6.42. The largest absolute Gasteiger partial charge is 0.484 e. The summed E-state index contributed by atoms with van der Waals surface area (Å²) in [6.07, 6.45) is 5.57. The molecule has 6 heteroatoms. The Morgan fingerprint density at radius 1 is 1.09 bits per heavy atom. The first kappa shape index (κ1) is 21.2. The van der Waals surface area contributed by atoms with Crippen LogP contribution < -0.4 is 4.74 Å². The Bertz CT molecular complexity index is 1020. The third-order valence-corrected chi connectivity index (χ3v) is 7.31. The number of amides is 1. The molecule has 3 aromatic rings. The van der Waals surface area contributed by atoms with Crippen molar-refractivity contribution in [3.05, 3.63) is 82.3 Å². The summed E-state index contributed by atoms with van der Waals surface area (Å²) in [6.45, 7) is 3.12. The quantitative estimate of drug-likeness (QED) is 0.538. The minimum atomic E-state index is -0.0481. The maximum Gasteiger partial charge on any atom is 0.224 e. The maximum atomic E-state index is 13.3. The third-order valence-electron chi connectivity index (χ3n) is 6.43. The van der Waals surface area contributed by atoms with Crippen LogP contribution in [0.1, 0.15) is 54.0 Å². The van der Waals surface area contributed by atoms with Crippen molar-refractivity contribution >= 4 is 17.2 Å². The van der Waals surface area contributed by atoms with Gasteiger partial charge in [-0.2, -0.15) is 0 Å². The molecule has 3 heterocycles. The minimum Gasteiger partial charge on any atom is -0.484 e. The molecule has 0 aliphatic carbocycles. The van der Waals surface area contributed by atoms with Crippen LogP contribution in [-0.4, -0.2) is 40.3 Å². The Morgan fingerprint density at radius 3 is 2.78 bits per heavy atom. The van der Waals surface area contributed by atoms with Crippen molar-refractivity contribution in [2.75, 3.05) is 19.6 Å². The second-order valence-corrected chi connectivity index (χ2v) is 9.51. The van der Waals surface area contributed by atoms with E-state index in [-0.39, 0.29) is 18.1 Å². The first-order chi connectivity index (χ1) is 15.8. The molecule has 1 fully saturated rings. The fourth-order valence-corrected chi connectivity index (χ4v) is 5.56. The lowest BCUT2D eigenvalue weighted by Crippen LogP contribution is -2.40. The highest BCUT2D eigenvalue weighted by molar-refractivity contribution is 7.09. The number of hydrogen-bond acceptors (Lipinski definition) is 5. The minimum absolute atomic E-state index is 0.0481. The Labute approximate surface area is 193 Å². The molecule has 0 saturated carbocycles. The number of nitrogens with zero attached hydrogens (tertiary/aromatic N) is 3. The Kier molecular flexibility index (Phi) is 6.51. The molecule has 5 nitrogen and oxygen atoms in total. The van der Waals surface area contributed by atoms with Crippen molar-refractivity contribution in [3.63, 3.8) is 0 Å². The van der Waals surface area contributed by atoms with Crippen LogP contribution in [0.25, 0.3) is 0 Å². The van der Waals surface area contributed by atoms with Gasteiger partial charge in [0.15, 0.2) is 0 Å². The van der Waals surface area contributed by atoms with Gasteiger partial charge in [-0.05, 0) is 30.9 Å². The highest BCUT2D eigenvalue weighted by atomic mass is 32.1. The number of piperidine rings is 1. The molecule has 1 saturated heterocycles. The summed E-state index contributed by atoms with van der Waals surface area (Å²) in [7, 11) is 0. The Morgan fingerprint density at radius 2 is 1.94 bits per heavy atom. The fraction of sp³-hybridized carbons (Fsp3) is 0.385. The van der Waals surface area contributed by atoms with E-state index in [1.54, 1.807) is 11.3 Å². The number of fused-ring (bicyclic) bond motifs is 1. The molecule has 2 aliphatic heterocycles. The van der Waals surface area contributed by atoms with E-state index in [1.165, 1.54) is 11.1 Å². The van der Waals surface area contributed by atoms with Crippen LogP contribution in [0.5, 0.6) is 5.75 Å². The molecule has 0 bridgehead atoms. The van der Waals surface area contributed by atoms with E-state index < -0.39 is 0 Å². The molecule has 1 amide bonds. The van der Waals surface area contributed by atoms with Crippen molar-refractivity contribution in [2.24, 2.45) is 0 Å². The lowest BCUT2D eigenvalue weighted by molar-refractivity contribution is -0.135. The van der Waals surface area contributed by atoms with Crippen LogP contribution in [0.2, 0.25) is 0 Å². The summed E-state index contributed by atoms with van der Waals surface area (Å²) >= 11 is 1.66. The Balaban J connectivity index is 1.30. The summed E-state index contributed by atoms with van der Waals surface area (Å²) in [4.78, 5) is 22.2. The van der Waals surface area contributed by atoms with Crippen LogP contribution in [0.15, 0.2) is 66.2 Å². The normalized spacial score (nSPS) is 21.4. The van der Waals surface area contributed by atoms with Gasteiger partial charge in [-0.1, -0.05) is 48.5 Å². The molecule has 2 atom stereocenters. The van der Waals surface area contributed by atoms with Gasteiger partial charge in [0.2, 0.25) is 5.91 Å². The van der Waals surface area contributed by atoms with Crippen molar-refractivity contribution in [1.29, 1.82) is 0 Å². The summed E-state index contributed by atoms with van der Waals surface area (Å²) in [6, 6.07) is 18.8. The molecule has 2 aliphatic rings. The van der Waals surface area contributed by atoms with Gasteiger partial charge in [0.25, 0.3) is 0 Å². The number of para-hydroxylation sites is 1. The fourth-order valence-electron chi connectivity index (χ4n) is 4.77. The van der Waals surface area contributed by atoms with E-state index in [1.807, 2.05) is 29.8 Å². The molecular formula is C26H29N3O2S. The number of hydrogen-bond donors (Lipinski definition) is 0. The molecule has 0 radical (unpaired) electrons. The standard InChI is InChI=1S/C26H29N3O2S/c30-25(29-15-7-6-11-22(29)26-27-14-17-32-26)13-16-28-18-21-10-4-5-12-23(21)31-24(19-28)20-8-2-1-3-9-20/h1-5,8-10,12,14,17,22,24H,6-7,11,13,15-16,18-19H2/t22-,24-/m0/s1. The van der Waals surface area contributed by atoms with Gasteiger partial charge in [-0.3, -0.25) is 9.69 Å². The predicted molar refractivity (Wildman–Crippen MR) is 127 cm³/mol. The second-order valence-electron chi connectivity index (χ2n) is 8.58. The molecule has 32 heavy (non-hydrogen) atoms. The lowest BCUT2D eigenvalue weighted by atomic mass is 10.0. The van der Waals surface area contributed by atoms with Gasteiger partial charge < -0.3 is 9.64 Å². The van der Waals surface area contributed by atoms with E-state index in [0.29, 0.717) is 6.42 Å². The zero-order valence-corrected chi connectivity index (χ0v) is 19.0. The smallest absolute Gasteiger partial charge is 0.224 e. The summed E-state index contributed by atoms with van der Waals surface area (Å²) in [5.41, 5.74) is 2.34. The van der Waals surface area contributed by atoms with Gasteiger partial charge in [0.05, 0.1) is 6.04 Å². The highest BCUT2D eigenvalue weighted by Gasteiger charge is 2.30. The van der Waals surface area contributed by atoms with E-state index in [4.69, 9.17) is 4.74 Å². The second kappa shape index (κ2) is 9.84. The third kappa shape index (κ3) is 4.71. The molecule has 2 aromatic carbocycles. The Hall–Kier alpha value is -2.70. The average molecular weight is 448 g/mol. The first-order valence-electron chi connectivity index (χ1n) is 11.5. The van der Waals surface area contributed by atoms with Gasteiger partial charge in [-0.25, -0.2) is 4.98 Å². The number of rotatable bonds is 5. The maximum absolute atomic E-state index is 13.3. The van der Waals surface area contributed by atoms with Crippen molar-refractivity contribution < 1.29 is 9.53 Å². The zero-order chi connectivity index (χ0) is 21.8. The predicted octanol–water partition coefficient (Wildman–Crippen LogP) is 5.22. The number of likely N-dealkylation sites (tertiary alicyclic amines) is 1. The van der Waals surface area contributed by atoms with Crippen LogP contribution in [0.3, 0.4) is 0 Å². The summed E-state index contributed by atoms with van der Waals surface area (Å²) in [5.74, 6) is 1.18. The van der Waals surface area contributed by atoms with E-state index in [0.717, 1.165) is 56.2 Å². The zero-order valence-electron chi connectivity index (χ0n) is 18.2. The first-order valence-corrected chi connectivity index (χ1v) is 12.4. The number of carbonyl (C=O) groups is 1. The molecule has 0 unspecified atom stereocenters. The van der Waals surface area contributed by atoms with Crippen molar-refractivity contribution in [2.45, 2.75) is 44.4 Å². The molecule has 0 spiro atoms. The number of carbonyl (C=O) groups excluding carboxylic acids is 1. The van der Waals surface area contributed by atoms with Gasteiger partial charge in [0.1, 0.15) is 16.9 Å². The highest BCUT2D eigenvalue weighted by Crippen LogP contribution is 2.33.